The summed E-state index contributed by atoms with van der Waals surface area (Å²) in [6, 6.07) is 8.73. The van der Waals surface area contributed by atoms with Crippen molar-refractivity contribution in [3.05, 3.63) is 70.7 Å². The van der Waals surface area contributed by atoms with E-state index in [1.165, 1.54) is 0 Å². The van der Waals surface area contributed by atoms with E-state index >= 15 is 0 Å². The van der Waals surface area contributed by atoms with Crippen LogP contribution in [0, 0.1) is 0 Å². The number of halogens is 2. The molecule has 0 saturated carbocycles. The molecule has 0 bridgehead atoms. The van der Waals surface area contributed by atoms with Crippen LogP contribution in [0.15, 0.2) is 53.8 Å². The molecular weight excluding hydrogens is 352 g/mol. The van der Waals surface area contributed by atoms with Gasteiger partial charge in [-0.3, -0.25) is 9.69 Å². The first-order chi connectivity index (χ1) is 13.1. The van der Waals surface area contributed by atoms with E-state index in [-0.39, 0.29) is 5.82 Å². The third-order valence-corrected chi connectivity index (χ3v) is 4.79. The second-order valence-electron chi connectivity index (χ2n) is 6.71. The fraction of sp³-hybridized carbons (Fsp3) is 0.316. The minimum atomic E-state index is -2.78. The molecule has 1 atom stereocenters. The van der Waals surface area contributed by atoms with Gasteiger partial charge in [-0.15, -0.1) is 0 Å². The fourth-order valence-corrected chi connectivity index (χ4v) is 3.48. The lowest BCUT2D eigenvalue weighted by Crippen LogP contribution is -2.21. The maximum Gasteiger partial charge on any atom is 0.280 e. The van der Waals surface area contributed by atoms with E-state index in [2.05, 4.69) is 24.4 Å². The van der Waals surface area contributed by atoms with E-state index in [0.717, 1.165) is 37.7 Å². The van der Waals surface area contributed by atoms with Crippen molar-refractivity contribution < 1.29 is 8.78 Å². The van der Waals surface area contributed by atoms with Gasteiger partial charge < -0.3 is 9.55 Å². The van der Waals surface area contributed by atoms with Gasteiger partial charge >= 0.3 is 0 Å². The molecule has 0 amide bonds. The van der Waals surface area contributed by atoms with Crippen LogP contribution in [0.1, 0.15) is 30.1 Å². The standard InChI is InChI=1S/C19H19F2N5O/c20-18(21)16-9-17(27)24-19(23-16)14-3-1-2-13(8-14)10-25-6-4-15(11-25)26-7-5-22-12-26/h1-3,5,7-9,12,15,18H,4,6,10-11H2,(H,23,24,27)/t15-/m0/s1. The lowest BCUT2D eigenvalue weighted by atomic mass is 10.1. The Bertz CT molecular complexity index is 970. The lowest BCUT2D eigenvalue weighted by molar-refractivity contribution is 0.146. The Hall–Kier alpha value is -2.87. The highest BCUT2D eigenvalue weighted by Gasteiger charge is 2.23. The number of H-pyrrole nitrogens is 1. The maximum atomic E-state index is 12.9. The van der Waals surface area contributed by atoms with Crippen LogP contribution in [0.4, 0.5) is 8.78 Å². The first-order valence-electron chi connectivity index (χ1n) is 8.77. The Morgan fingerprint density at radius 3 is 2.96 bits per heavy atom. The summed E-state index contributed by atoms with van der Waals surface area (Å²) >= 11 is 0. The van der Waals surface area contributed by atoms with Crippen LogP contribution in [0.5, 0.6) is 0 Å². The Morgan fingerprint density at radius 1 is 1.30 bits per heavy atom. The number of nitrogens with one attached hydrogen (secondary N) is 1. The summed E-state index contributed by atoms with van der Waals surface area (Å²) in [7, 11) is 0. The van der Waals surface area contributed by atoms with E-state index in [9.17, 15) is 13.6 Å². The van der Waals surface area contributed by atoms with Crippen LogP contribution < -0.4 is 5.56 Å². The zero-order valence-electron chi connectivity index (χ0n) is 14.6. The molecule has 0 radical (unpaired) electrons. The molecule has 27 heavy (non-hydrogen) atoms. The third-order valence-electron chi connectivity index (χ3n) is 4.79. The first kappa shape index (κ1) is 17.5. The van der Waals surface area contributed by atoms with Crippen molar-refractivity contribution in [3.63, 3.8) is 0 Å². The zero-order chi connectivity index (χ0) is 18.8. The highest BCUT2D eigenvalue weighted by atomic mass is 19.3. The molecule has 140 valence electrons. The van der Waals surface area contributed by atoms with E-state index in [1.54, 1.807) is 12.3 Å². The Balaban J connectivity index is 1.51. The number of hydrogen-bond acceptors (Lipinski definition) is 4. The number of likely N-dealkylation sites (tertiary alicyclic amines) is 1. The Morgan fingerprint density at radius 2 is 2.19 bits per heavy atom. The number of imidazole rings is 1. The van der Waals surface area contributed by atoms with Gasteiger partial charge in [0.2, 0.25) is 0 Å². The van der Waals surface area contributed by atoms with Crippen molar-refractivity contribution in [2.75, 3.05) is 13.1 Å². The lowest BCUT2D eigenvalue weighted by Gasteiger charge is -2.17. The van der Waals surface area contributed by atoms with Gasteiger partial charge in [0.1, 0.15) is 11.5 Å². The fourth-order valence-electron chi connectivity index (χ4n) is 3.48. The van der Waals surface area contributed by atoms with Crippen molar-refractivity contribution >= 4 is 0 Å². The van der Waals surface area contributed by atoms with E-state index in [0.29, 0.717) is 11.6 Å². The Kier molecular flexibility index (Phi) is 4.81. The number of nitrogens with zero attached hydrogens (tertiary/aromatic N) is 4. The summed E-state index contributed by atoms with van der Waals surface area (Å²) in [5.74, 6) is 0.164. The summed E-state index contributed by atoms with van der Waals surface area (Å²) in [4.78, 5) is 24.5. The van der Waals surface area contributed by atoms with E-state index < -0.39 is 17.7 Å². The number of hydrogen-bond donors (Lipinski definition) is 1. The average Bonchev–Trinajstić information content (AvgIpc) is 3.33. The van der Waals surface area contributed by atoms with E-state index in [4.69, 9.17) is 0 Å². The van der Waals surface area contributed by atoms with Crippen molar-refractivity contribution in [2.45, 2.75) is 25.4 Å². The average molecular weight is 371 g/mol. The van der Waals surface area contributed by atoms with Gasteiger partial charge in [-0.2, -0.15) is 0 Å². The summed E-state index contributed by atoms with van der Waals surface area (Å²) in [5.41, 5.74) is 0.576. The second-order valence-corrected chi connectivity index (χ2v) is 6.71. The summed E-state index contributed by atoms with van der Waals surface area (Å²) < 4.78 is 28.0. The molecule has 0 aliphatic carbocycles. The number of aromatic nitrogens is 4. The third kappa shape index (κ3) is 3.95. The van der Waals surface area contributed by atoms with Gasteiger partial charge in [-0.05, 0) is 18.1 Å². The van der Waals surface area contributed by atoms with Crippen LogP contribution >= 0.6 is 0 Å². The van der Waals surface area contributed by atoms with Gasteiger partial charge in [0.15, 0.2) is 0 Å². The minimum Gasteiger partial charge on any atom is -0.333 e. The van der Waals surface area contributed by atoms with Crippen LogP contribution in [0.25, 0.3) is 11.4 Å². The predicted octanol–water partition coefficient (Wildman–Crippen LogP) is 3.02. The largest absolute Gasteiger partial charge is 0.333 e. The molecule has 1 aliphatic rings. The summed E-state index contributed by atoms with van der Waals surface area (Å²) in [6.07, 6.45) is 3.88. The van der Waals surface area contributed by atoms with Gasteiger partial charge in [0.05, 0.1) is 6.33 Å². The van der Waals surface area contributed by atoms with Gasteiger partial charge in [-0.25, -0.2) is 18.7 Å². The smallest absolute Gasteiger partial charge is 0.280 e. The normalized spacial score (nSPS) is 17.7. The maximum absolute atomic E-state index is 12.9. The molecule has 2 aromatic heterocycles. The molecule has 3 aromatic rings. The minimum absolute atomic E-state index is 0.164. The van der Waals surface area contributed by atoms with Crippen LogP contribution in [-0.2, 0) is 6.54 Å². The monoisotopic (exact) mass is 371 g/mol. The second kappa shape index (κ2) is 7.40. The molecule has 1 saturated heterocycles. The van der Waals surface area contributed by atoms with Crippen LogP contribution in [0.3, 0.4) is 0 Å². The highest BCUT2D eigenvalue weighted by molar-refractivity contribution is 5.56. The molecule has 0 spiro atoms. The van der Waals surface area contributed by atoms with Gasteiger partial charge in [-0.1, -0.05) is 18.2 Å². The predicted molar refractivity (Wildman–Crippen MR) is 96.4 cm³/mol. The van der Waals surface area contributed by atoms with Crippen LogP contribution in [-0.4, -0.2) is 37.5 Å². The number of alkyl halides is 2. The summed E-state index contributed by atoms with van der Waals surface area (Å²) in [6.45, 7) is 2.65. The molecule has 4 rings (SSSR count). The number of aromatic amines is 1. The summed E-state index contributed by atoms with van der Waals surface area (Å²) in [5, 5.41) is 0. The van der Waals surface area contributed by atoms with Crippen molar-refractivity contribution in [1.82, 2.24) is 24.4 Å². The van der Waals surface area contributed by atoms with Crippen molar-refractivity contribution in [2.24, 2.45) is 0 Å². The molecule has 3 heterocycles. The molecule has 1 fully saturated rings. The van der Waals surface area contributed by atoms with Gasteiger partial charge in [0.25, 0.3) is 12.0 Å². The molecular formula is C19H19F2N5O. The molecule has 6 nitrogen and oxygen atoms in total. The highest BCUT2D eigenvalue weighted by Crippen LogP contribution is 2.24. The SMILES string of the molecule is O=c1cc(C(F)F)nc(-c2cccc(CN3CC[C@H](n4ccnc4)C3)c2)[nH]1. The first-order valence-corrected chi connectivity index (χ1v) is 8.77. The zero-order valence-corrected chi connectivity index (χ0v) is 14.6. The molecule has 1 aromatic carbocycles. The molecule has 1 N–H and O–H groups in total. The van der Waals surface area contributed by atoms with E-state index in [1.807, 2.05) is 30.7 Å². The Labute approximate surface area is 154 Å². The van der Waals surface area contributed by atoms with Gasteiger partial charge in [0, 0.05) is 49.7 Å². The quantitative estimate of drug-likeness (QED) is 0.749. The molecule has 0 unspecified atom stereocenters. The topological polar surface area (TPSA) is 66.8 Å². The number of benzene rings is 1. The number of rotatable bonds is 5. The van der Waals surface area contributed by atoms with Crippen molar-refractivity contribution in [1.29, 1.82) is 0 Å². The molecule has 8 heteroatoms. The molecule has 1 aliphatic heterocycles. The van der Waals surface area contributed by atoms with Crippen LogP contribution in [0.2, 0.25) is 0 Å². The van der Waals surface area contributed by atoms with Crippen molar-refractivity contribution in [3.8, 4) is 11.4 Å².